The van der Waals surface area contributed by atoms with E-state index in [2.05, 4.69) is 20.4 Å². The van der Waals surface area contributed by atoms with Crippen LogP contribution in [0, 0.1) is 0 Å². The Morgan fingerprint density at radius 1 is 1.26 bits per heavy atom. The van der Waals surface area contributed by atoms with E-state index in [0.717, 1.165) is 25.4 Å². The van der Waals surface area contributed by atoms with E-state index < -0.39 is 11.9 Å². The molecule has 0 amide bonds. The van der Waals surface area contributed by atoms with E-state index in [1.54, 1.807) is 0 Å². The first-order valence-corrected chi connectivity index (χ1v) is 5.62. The van der Waals surface area contributed by atoms with Crippen LogP contribution in [0.1, 0.15) is 17.4 Å². The van der Waals surface area contributed by atoms with Gasteiger partial charge in [0.05, 0.1) is 5.56 Å². The molecule has 0 bridgehead atoms. The fourth-order valence-corrected chi connectivity index (χ4v) is 1.68. The Kier molecular flexibility index (Phi) is 2.74. The predicted molar refractivity (Wildman–Crippen MR) is 58.1 cm³/mol. The molecule has 3 rings (SSSR count). The predicted octanol–water partition coefficient (Wildman–Crippen LogP) is 1.84. The van der Waals surface area contributed by atoms with E-state index in [4.69, 9.17) is 4.52 Å². The van der Waals surface area contributed by atoms with Crippen LogP contribution in [0.3, 0.4) is 0 Å². The summed E-state index contributed by atoms with van der Waals surface area (Å²) in [4.78, 5) is 7.50. The second kappa shape index (κ2) is 4.30. The lowest BCUT2D eigenvalue weighted by atomic mass is 10.0. The summed E-state index contributed by atoms with van der Waals surface area (Å²) < 4.78 is 42.1. The second-order valence-corrected chi connectivity index (χ2v) is 4.24. The van der Waals surface area contributed by atoms with Crippen LogP contribution in [0.25, 0.3) is 11.5 Å². The lowest BCUT2D eigenvalue weighted by Gasteiger charge is -2.23. The van der Waals surface area contributed by atoms with Crippen molar-refractivity contribution in [3.63, 3.8) is 0 Å². The maximum Gasteiger partial charge on any atom is 0.433 e. The van der Waals surface area contributed by atoms with Crippen molar-refractivity contribution in [3.05, 3.63) is 29.8 Å². The van der Waals surface area contributed by atoms with Crippen molar-refractivity contribution < 1.29 is 17.7 Å². The number of hydrogen-bond donors (Lipinski definition) is 1. The van der Waals surface area contributed by atoms with Crippen LogP contribution in [0.15, 0.2) is 22.9 Å². The van der Waals surface area contributed by atoms with E-state index in [-0.39, 0.29) is 11.8 Å². The number of rotatable bonds is 2. The minimum absolute atomic E-state index is 0.183. The summed E-state index contributed by atoms with van der Waals surface area (Å²) in [6, 6.07) is 2.16. The number of nitrogens with one attached hydrogen (secondary N) is 1. The SMILES string of the molecule is FC(F)(F)c1ccc(-c2nc(C3CNC3)no2)cn1. The molecule has 5 nitrogen and oxygen atoms in total. The van der Waals surface area contributed by atoms with Gasteiger partial charge in [-0.2, -0.15) is 18.2 Å². The highest BCUT2D eigenvalue weighted by Crippen LogP contribution is 2.29. The van der Waals surface area contributed by atoms with Crippen molar-refractivity contribution in [2.75, 3.05) is 13.1 Å². The number of aromatic nitrogens is 3. The van der Waals surface area contributed by atoms with Gasteiger partial charge in [-0.05, 0) is 12.1 Å². The summed E-state index contributed by atoms with van der Waals surface area (Å²) in [6.07, 6.45) is -3.37. The summed E-state index contributed by atoms with van der Waals surface area (Å²) in [5.41, 5.74) is -0.571. The zero-order valence-electron chi connectivity index (χ0n) is 9.61. The summed E-state index contributed by atoms with van der Waals surface area (Å²) in [7, 11) is 0. The van der Waals surface area contributed by atoms with Gasteiger partial charge in [0.15, 0.2) is 5.82 Å². The number of alkyl halides is 3. The monoisotopic (exact) mass is 270 g/mol. The molecule has 8 heteroatoms. The van der Waals surface area contributed by atoms with Gasteiger partial charge in [0, 0.05) is 25.2 Å². The zero-order chi connectivity index (χ0) is 13.5. The lowest BCUT2D eigenvalue weighted by molar-refractivity contribution is -0.141. The highest BCUT2D eigenvalue weighted by Gasteiger charge is 2.32. The van der Waals surface area contributed by atoms with Gasteiger partial charge in [-0.1, -0.05) is 5.16 Å². The molecule has 1 aliphatic heterocycles. The summed E-state index contributed by atoms with van der Waals surface area (Å²) in [5, 5.41) is 6.88. The van der Waals surface area contributed by atoms with Gasteiger partial charge < -0.3 is 9.84 Å². The van der Waals surface area contributed by atoms with Gasteiger partial charge in [0.2, 0.25) is 0 Å². The standard InChI is InChI=1S/C11H9F3N4O/c12-11(13,14)8-2-1-6(5-16-8)10-17-9(18-19-10)7-3-15-4-7/h1-2,5,7,15H,3-4H2. The molecular weight excluding hydrogens is 261 g/mol. The molecule has 100 valence electrons. The minimum Gasteiger partial charge on any atom is -0.334 e. The van der Waals surface area contributed by atoms with Crippen LogP contribution in [0.4, 0.5) is 13.2 Å². The Labute approximate surface area is 105 Å². The van der Waals surface area contributed by atoms with Gasteiger partial charge in [-0.3, -0.25) is 4.98 Å². The number of hydrogen-bond acceptors (Lipinski definition) is 5. The first kappa shape index (κ1) is 12.1. The Balaban J connectivity index is 1.83. The average Bonchev–Trinajstić information content (AvgIpc) is 2.75. The Morgan fingerprint density at radius 3 is 2.58 bits per heavy atom. The summed E-state index contributed by atoms with van der Waals surface area (Å²) >= 11 is 0. The maximum absolute atomic E-state index is 12.4. The quantitative estimate of drug-likeness (QED) is 0.902. The van der Waals surface area contributed by atoms with Crippen molar-refractivity contribution in [2.45, 2.75) is 12.1 Å². The smallest absolute Gasteiger partial charge is 0.334 e. The number of pyridine rings is 1. The first-order chi connectivity index (χ1) is 9.04. The van der Waals surface area contributed by atoms with Crippen LogP contribution >= 0.6 is 0 Å². The lowest BCUT2D eigenvalue weighted by Crippen LogP contribution is -2.40. The van der Waals surface area contributed by atoms with Crippen LogP contribution in [-0.2, 0) is 6.18 Å². The summed E-state index contributed by atoms with van der Waals surface area (Å²) in [6.45, 7) is 1.56. The van der Waals surface area contributed by atoms with Crippen molar-refractivity contribution in [1.82, 2.24) is 20.4 Å². The zero-order valence-corrected chi connectivity index (χ0v) is 9.61. The normalized spacial score (nSPS) is 16.4. The minimum atomic E-state index is -4.45. The van der Waals surface area contributed by atoms with E-state index in [1.165, 1.54) is 6.07 Å². The fourth-order valence-electron chi connectivity index (χ4n) is 1.68. The van der Waals surface area contributed by atoms with Crippen LogP contribution in [-0.4, -0.2) is 28.2 Å². The van der Waals surface area contributed by atoms with E-state index in [0.29, 0.717) is 11.4 Å². The summed E-state index contributed by atoms with van der Waals surface area (Å²) in [5.74, 6) is 0.955. The molecule has 0 unspecified atom stereocenters. The van der Waals surface area contributed by atoms with Gasteiger partial charge >= 0.3 is 6.18 Å². The molecule has 0 spiro atoms. The third kappa shape index (κ3) is 2.30. The first-order valence-electron chi connectivity index (χ1n) is 5.62. The van der Waals surface area contributed by atoms with E-state index in [9.17, 15) is 13.2 Å². The fraction of sp³-hybridized carbons (Fsp3) is 0.364. The molecule has 2 aromatic rings. The van der Waals surface area contributed by atoms with Gasteiger partial charge in [0.1, 0.15) is 5.69 Å². The molecule has 1 aliphatic rings. The molecule has 0 aromatic carbocycles. The van der Waals surface area contributed by atoms with Gasteiger partial charge in [-0.15, -0.1) is 0 Å². The molecule has 2 aromatic heterocycles. The topological polar surface area (TPSA) is 63.8 Å². The molecule has 3 heterocycles. The second-order valence-electron chi connectivity index (χ2n) is 4.24. The van der Waals surface area contributed by atoms with Crippen molar-refractivity contribution >= 4 is 0 Å². The van der Waals surface area contributed by atoms with Crippen LogP contribution in [0.5, 0.6) is 0 Å². The van der Waals surface area contributed by atoms with E-state index in [1.807, 2.05) is 0 Å². The van der Waals surface area contributed by atoms with Crippen LogP contribution < -0.4 is 5.32 Å². The van der Waals surface area contributed by atoms with Crippen molar-refractivity contribution in [1.29, 1.82) is 0 Å². The molecule has 19 heavy (non-hydrogen) atoms. The Hall–Kier alpha value is -1.96. The maximum atomic E-state index is 12.4. The molecule has 0 aliphatic carbocycles. The van der Waals surface area contributed by atoms with Crippen molar-refractivity contribution in [3.8, 4) is 11.5 Å². The third-order valence-electron chi connectivity index (χ3n) is 2.89. The number of nitrogens with zero attached hydrogens (tertiary/aromatic N) is 3. The highest BCUT2D eigenvalue weighted by molar-refractivity contribution is 5.51. The average molecular weight is 270 g/mol. The molecule has 0 atom stereocenters. The molecule has 1 fully saturated rings. The third-order valence-corrected chi connectivity index (χ3v) is 2.89. The van der Waals surface area contributed by atoms with Gasteiger partial charge in [-0.25, -0.2) is 0 Å². The molecule has 1 N–H and O–H groups in total. The van der Waals surface area contributed by atoms with Gasteiger partial charge in [0.25, 0.3) is 5.89 Å². The molecule has 0 radical (unpaired) electrons. The number of halogens is 3. The Bertz CT molecular complexity index is 574. The van der Waals surface area contributed by atoms with E-state index >= 15 is 0 Å². The van der Waals surface area contributed by atoms with Crippen LogP contribution in [0.2, 0.25) is 0 Å². The highest BCUT2D eigenvalue weighted by atomic mass is 19.4. The Morgan fingerprint density at radius 2 is 2.05 bits per heavy atom. The van der Waals surface area contributed by atoms with Crippen molar-refractivity contribution in [2.24, 2.45) is 0 Å². The largest absolute Gasteiger partial charge is 0.433 e. The molecule has 0 saturated carbocycles. The molecular formula is C11H9F3N4O. The molecule has 1 saturated heterocycles.